The number of hydrogen-bond acceptors (Lipinski definition) is 2. The zero-order chi connectivity index (χ0) is 22.4. The van der Waals surface area contributed by atoms with E-state index in [4.69, 9.17) is 4.74 Å². The summed E-state index contributed by atoms with van der Waals surface area (Å²) in [5, 5.41) is 0. The van der Waals surface area contributed by atoms with Crippen molar-refractivity contribution in [3.8, 4) is 0 Å². The van der Waals surface area contributed by atoms with E-state index in [1.807, 2.05) is 0 Å². The first kappa shape index (κ1) is 22.2. The molecule has 0 spiro atoms. The van der Waals surface area contributed by atoms with Gasteiger partial charge in [-0.1, -0.05) is 33.3 Å². The van der Waals surface area contributed by atoms with E-state index in [0.717, 1.165) is 48.3 Å². The molecule has 5 aliphatic rings. The monoisotopic (exact) mass is 426 g/mol. The topological polar surface area (TPSA) is 29.6 Å². The van der Waals surface area contributed by atoms with Gasteiger partial charge in [0, 0.05) is 6.42 Å². The molecule has 1 saturated heterocycles. The smallest absolute Gasteiger partial charge is 0.155 e. The van der Waals surface area contributed by atoms with Crippen LogP contribution in [0.2, 0.25) is 0 Å². The highest BCUT2D eigenvalue weighted by Crippen LogP contribution is 2.69. The zero-order valence-corrected chi connectivity index (χ0v) is 21.2. The van der Waals surface area contributed by atoms with Crippen LogP contribution in [-0.2, 0) is 9.53 Å². The summed E-state index contributed by atoms with van der Waals surface area (Å²) in [7, 11) is 0. The highest BCUT2D eigenvalue weighted by molar-refractivity contribution is 5.91. The highest BCUT2D eigenvalue weighted by atomic mass is 16.6. The molecule has 0 bridgehead atoms. The minimum Gasteiger partial charge on any atom is -0.363 e. The van der Waals surface area contributed by atoms with E-state index in [9.17, 15) is 4.79 Å². The molecule has 0 N–H and O–H groups in total. The lowest BCUT2D eigenvalue weighted by atomic mass is 9.44. The Hall–Kier alpha value is -0.630. The molecule has 3 saturated carbocycles. The standard InChI is InChI=1S/C29H46O2/c1-18(10-15-29(7)26(3,4)31-29)22-8-9-23-25-19(2)16-20-17-21(30)11-13-27(20,5)24(25)12-14-28(22,23)6/h17-19,22-25H,8-16H2,1-7H3. The fourth-order valence-electron chi connectivity index (χ4n) is 9.47. The summed E-state index contributed by atoms with van der Waals surface area (Å²) < 4.78 is 6.06. The van der Waals surface area contributed by atoms with Crippen molar-refractivity contribution < 1.29 is 9.53 Å². The van der Waals surface area contributed by atoms with Crippen LogP contribution < -0.4 is 0 Å². The fraction of sp³-hybridized carbons (Fsp3) is 0.897. The Bertz CT molecular complexity index is 795. The summed E-state index contributed by atoms with van der Waals surface area (Å²) in [5.41, 5.74) is 2.49. The van der Waals surface area contributed by atoms with E-state index in [1.165, 1.54) is 50.5 Å². The minimum atomic E-state index is 0.0759. The molecule has 4 aliphatic carbocycles. The van der Waals surface area contributed by atoms with Gasteiger partial charge in [0.1, 0.15) is 0 Å². The quantitative estimate of drug-likeness (QED) is 0.439. The molecule has 174 valence electrons. The second-order valence-corrected chi connectivity index (χ2v) is 13.6. The maximum absolute atomic E-state index is 12.2. The molecular weight excluding hydrogens is 380 g/mol. The second kappa shape index (κ2) is 6.94. The molecule has 5 rings (SSSR count). The molecule has 4 fully saturated rings. The Kier molecular flexibility index (Phi) is 4.96. The third-order valence-corrected chi connectivity index (χ3v) is 11.9. The van der Waals surface area contributed by atoms with E-state index < -0.39 is 0 Å². The van der Waals surface area contributed by atoms with Crippen LogP contribution in [0.4, 0.5) is 0 Å². The Morgan fingerprint density at radius 1 is 1.06 bits per heavy atom. The molecular formula is C29H46O2. The van der Waals surface area contributed by atoms with Crippen LogP contribution in [0, 0.1) is 46.3 Å². The molecule has 9 atom stereocenters. The van der Waals surface area contributed by atoms with Gasteiger partial charge in [0.15, 0.2) is 5.78 Å². The number of ketones is 1. The number of allylic oxidation sites excluding steroid dienone is 1. The zero-order valence-electron chi connectivity index (χ0n) is 21.2. The Morgan fingerprint density at radius 3 is 2.45 bits per heavy atom. The number of carbonyl (C=O) groups is 1. The molecule has 9 unspecified atom stereocenters. The Morgan fingerprint density at radius 2 is 1.77 bits per heavy atom. The summed E-state index contributed by atoms with van der Waals surface area (Å²) in [6.45, 7) is 17.1. The normalized spacial score (nSPS) is 51.4. The number of ether oxygens (including phenoxy) is 1. The van der Waals surface area contributed by atoms with Gasteiger partial charge >= 0.3 is 0 Å². The summed E-state index contributed by atoms with van der Waals surface area (Å²) in [5.74, 6) is 5.30. The lowest BCUT2D eigenvalue weighted by Gasteiger charge is -2.60. The van der Waals surface area contributed by atoms with Crippen LogP contribution >= 0.6 is 0 Å². The maximum Gasteiger partial charge on any atom is 0.155 e. The lowest BCUT2D eigenvalue weighted by Crippen LogP contribution is -2.53. The summed E-state index contributed by atoms with van der Waals surface area (Å²) in [6.07, 6.45) is 13.3. The number of carbonyl (C=O) groups excluding carboxylic acids is 1. The first-order chi connectivity index (χ1) is 14.4. The molecule has 31 heavy (non-hydrogen) atoms. The predicted octanol–water partition coefficient (Wildman–Crippen LogP) is 7.36. The molecule has 2 nitrogen and oxygen atoms in total. The van der Waals surface area contributed by atoms with Gasteiger partial charge in [-0.15, -0.1) is 0 Å². The SMILES string of the molecule is CC1CC2=CC(=O)CCC2(C)C2CCC3(C)C(C(C)CCC4(C)OC4(C)C)CCC3C12. The van der Waals surface area contributed by atoms with Gasteiger partial charge in [0.2, 0.25) is 0 Å². The van der Waals surface area contributed by atoms with Gasteiger partial charge < -0.3 is 4.74 Å². The molecule has 0 aromatic rings. The van der Waals surface area contributed by atoms with Gasteiger partial charge in [0.25, 0.3) is 0 Å². The number of rotatable bonds is 4. The van der Waals surface area contributed by atoms with Gasteiger partial charge in [-0.3, -0.25) is 4.79 Å². The summed E-state index contributed by atoms with van der Waals surface area (Å²) in [4.78, 5) is 12.2. The van der Waals surface area contributed by atoms with Crippen LogP contribution in [-0.4, -0.2) is 17.0 Å². The van der Waals surface area contributed by atoms with E-state index in [0.29, 0.717) is 16.6 Å². The van der Waals surface area contributed by atoms with Gasteiger partial charge in [-0.2, -0.15) is 0 Å². The highest BCUT2D eigenvalue weighted by Gasteiger charge is 2.62. The number of fused-ring (bicyclic) bond motifs is 5. The van der Waals surface area contributed by atoms with Crippen LogP contribution in [0.1, 0.15) is 106 Å². The molecule has 1 aliphatic heterocycles. The van der Waals surface area contributed by atoms with Crippen LogP contribution in [0.15, 0.2) is 11.6 Å². The van der Waals surface area contributed by atoms with Gasteiger partial charge in [-0.25, -0.2) is 0 Å². The van der Waals surface area contributed by atoms with Crippen LogP contribution in [0.25, 0.3) is 0 Å². The van der Waals surface area contributed by atoms with E-state index >= 15 is 0 Å². The molecule has 2 heteroatoms. The van der Waals surface area contributed by atoms with Crippen LogP contribution in [0.3, 0.4) is 0 Å². The average Bonchev–Trinajstić information content (AvgIpc) is 3.01. The van der Waals surface area contributed by atoms with Crippen molar-refractivity contribution in [1.82, 2.24) is 0 Å². The number of epoxide rings is 1. The molecule has 1 heterocycles. The van der Waals surface area contributed by atoms with Crippen molar-refractivity contribution in [2.45, 2.75) is 117 Å². The summed E-state index contributed by atoms with van der Waals surface area (Å²) in [6, 6.07) is 0. The van der Waals surface area contributed by atoms with Crippen molar-refractivity contribution >= 4 is 5.78 Å². The van der Waals surface area contributed by atoms with Crippen molar-refractivity contribution in [1.29, 1.82) is 0 Å². The number of hydrogen-bond donors (Lipinski definition) is 0. The Labute approximate surface area is 191 Å². The molecule has 0 aromatic heterocycles. The predicted molar refractivity (Wildman–Crippen MR) is 127 cm³/mol. The van der Waals surface area contributed by atoms with E-state index in [1.54, 1.807) is 0 Å². The fourth-order valence-corrected chi connectivity index (χ4v) is 9.47. The Balaban J connectivity index is 1.34. The summed E-state index contributed by atoms with van der Waals surface area (Å²) >= 11 is 0. The largest absolute Gasteiger partial charge is 0.363 e. The van der Waals surface area contributed by atoms with Gasteiger partial charge in [0.05, 0.1) is 11.2 Å². The van der Waals surface area contributed by atoms with Crippen molar-refractivity contribution in [3.05, 3.63) is 11.6 Å². The molecule has 0 aromatic carbocycles. The maximum atomic E-state index is 12.2. The van der Waals surface area contributed by atoms with Gasteiger partial charge in [-0.05, 0) is 125 Å². The lowest BCUT2D eigenvalue weighted by molar-refractivity contribution is -0.118. The molecule has 0 amide bonds. The first-order valence-electron chi connectivity index (χ1n) is 13.4. The second-order valence-electron chi connectivity index (χ2n) is 13.6. The van der Waals surface area contributed by atoms with Crippen molar-refractivity contribution in [2.75, 3.05) is 0 Å². The molecule has 0 radical (unpaired) electrons. The van der Waals surface area contributed by atoms with Crippen LogP contribution in [0.5, 0.6) is 0 Å². The minimum absolute atomic E-state index is 0.0759. The third-order valence-electron chi connectivity index (χ3n) is 11.9. The van der Waals surface area contributed by atoms with E-state index in [2.05, 4.69) is 54.5 Å². The first-order valence-corrected chi connectivity index (χ1v) is 13.4. The van der Waals surface area contributed by atoms with Crippen molar-refractivity contribution in [2.24, 2.45) is 46.3 Å². The van der Waals surface area contributed by atoms with Crippen molar-refractivity contribution in [3.63, 3.8) is 0 Å². The average molecular weight is 427 g/mol. The van der Waals surface area contributed by atoms with E-state index in [-0.39, 0.29) is 11.2 Å². The third kappa shape index (κ3) is 3.17.